The van der Waals surface area contributed by atoms with E-state index in [1.54, 1.807) is 23.7 Å². The van der Waals surface area contributed by atoms with Crippen molar-refractivity contribution in [3.05, 3.63) is 23.5 Å². The van der Waals surface area contributed by atoms with Crippen molar-refractivity contribution in [3.8, 4) is 0 Å². The molecular weight excluding hydrogens is 198 g/mol. The van der Waals surface area contributed by atoms with E-state index in [-0.39, 0.29) is 6.54 Å². The van der Waals surface area contributed by atoms with Gasteiger partial charge in [0.2, 0.25) is 0 Å². The highest BCUT2D eigenvalue weighted by molar-refractivity contribution is 7.18. The van der Waals surface area contributed by atoms with Crippen LogP contribution in [0.1, 0.15) is 5.01 Å². The Morgan fingerprint density at radius 1 is 1.57 bits per heavy atom. The van der Waals surface area contributed by atoms with Crippen LogP contribution in [-0.4, -0.2) is 27.7 Å². The number of pyridine rings is 1. The molecule has 0 amide bonds. The molecule has 2 heterocycles. The molecule has 0 radical (unpaired) electrons. The third-order valence-electron chi connectivity index (χ3n) is 1.92. The Kier molecular flexibility index (Phi) is 2.72. The first-order chi connectivity index (χ1) is 6.79. The lowest BCUT2D eigenvalue weighted by Gasteiger charge is -2.02. The smallest absolute Gasteiger partial charge is 0.0998 e. The summed E-state index contributed by atoms with van der Waals surface area (Å²) in [5.74, 6) is 0. The number of nitrogens with zero attached hydrogens (tertiary/aromatic N) is 2. The molecule has 0 saturated carbocycles. The minimum absolute atomic E-state index is 0.272. The summed E-state index contributed by atoms with van der Waals surface area (Å²) in [6, 6.07) is 1.92. The molecule has 2 rings (SSSR count). The number of rotatable bonds is 3. The van der Waals surface area contributed by atoms with Crippen molar-refractivity contribution in [2.45, 2.75) is 12.5 Å². The van der Waals surface area contributed by atoms with Crippen LogP contribution in [0.25, 0.3) is 10.2 Å². The van der Waals surface area contributed by atoms with Crippen LogP contribution in [0.3, 0.4) is 0 Å². The van der Waals surface area contributed by atoms with Gasteiger partial charge < -0.3 is 10.8 Å². The zero-order chi connectivity index (χ0) is 9.97. The van der Waals surface area contributed by atoms with Crippen LogP contribution in [-0.2, 0) is 6.42 Å². The van der Waals surface area contributed by atoms with E-state index in [4.69, 9.17) is 5.73 Å². The molecule has 1 atom stereocenters. The van der Waals surface area contributed by atoms with Gasteiger partial charge >= 0.3 is 0 Å². The van der Waals surface area contributed by atoms with Gasteiger partial charge in [-0.2, -0.15) is 0 Å². The number of aliphatic hydroxyl groups excluding tert-OH is 1. The van der Waals surface area contributed by atoms with Crippen molar-refractivity contribution >= 4 is 21.6 Å². The standard InChI is InChI=1S/C9H11N3OS/c10-4-6(13)3-9-12-7-5-11-2-1-8(7)14-9/h1-2,5-6,13H,3-4,10H2. The first-order valence-corrected chi connectivity index (χ1v) is 5.19. The van der Waals surface area contributed by atoms with Gasteiger partial charge in [0.25, 0.3) is 0 Å². The summed E-state index contributed by atoms with van der Waals surface area (Å²) in [4.78, 5) is 8.32. The number of aromatic nitrogens is 2. The number of fused-ring (bicyclic) bond motifs is 1. The van der Waals surface area contributed by atoms with E-state index in [2.05, 4.69) is 9.97 Å². The van der Waals surface area contributed by atoms with Crippen molar-refractivity contribution in [1.82, 2.24) is 9.97 Å². The third kappa shape index (κ3) is 1.89. The number of aliphatic hydroxyl groups is 1. The molecule has 0 aliphatic carbocycles. The van der Waals surface area contributed by atoms with Gasteiger partial charge in [0.05, 0.1) is 27.5 Å². The number of hydrogen-bond donors (Lipinski definition) is 2. The van der Waals surface area contributed by atoms with Gasteiger partial charge in [-0.25, -0.2) is 4.98 Å². The van der Waals surface area contributed by atoms with Crippen molar-refractivity contribution in [1.29, 1.82) is 0 Å². The van der Waals surface area contributed by atoms with Crippen LogP contribution < -0.4 is 5.73 Å². The highest BCUT2D eigenvalue weighted by atomic mass is 32.1. The topological polar surface area (TPSA) is 72.0 Å². The van der Waals surface area contributed by atoms with E-state index >= 15 is 0 Å². The van der Waals surface area contributed by atoms with Gasteiger partial charge in [0.1, 0.15) is 0 Å². The normalized spacial score (nSPS) is 13.3. The van der Waals surface area contributed by atoms with Gasteiger partial charge in [-0.15, -0.1) is 11.3 Å². The SMILES string of the molecule is NCC(O)Cc1nc2cnccc2s1. The predicted octanol–water partition coefficient (Wildman–Crippen LogP) is 0.553. The fraction of sp³-hybridized carbons (Fsp3) is 0.333. The molecule has 5 heteroatoms. The average molecular weight is 209 g/mol. The van der Waals surface area contributed by atoms with Gasteiger partial charge in [-0.1, -0.05) is 0 Å². The second-order valence-electron chi connectivity index (χ2n) is 3.04. The Hall–Kier alpha value is -1.04. The molecule has 3 N–H and O–H groups in total. The lowest BCUT2D eigenvalue weighted by molar-refractivity contribution is 0.183. The summed E-state index contributed by atoms with van der Waals surface area (Å²) in [7, 11) is 0. The largest absolute Gasteiger partial charge is 0.391 e. The van der Waals surface area contributed by atoms with E-state index in [1.807, 2.05) is 6.07 Å². The maximum Gasteiger partial charge on any atom is 0.0998 e. The van der Waals surface area contributed by atoms with E-state index in [1.165, 1.54) is 0 Å². The predicted molar refractivity (Wildman–Crippen MR) is 56.2 cm³/mol. The zero-order valence-electron chi connectivity index (χ0n) is 7.55. The second-order valence-corrected chi connectivity index (χ2v) is 4.16. The first kappa shape index (κ1) is 9.51. The molecule has 0 aliphatic rings. The van der Waals surface area contributed by atoms with Crippen LogP contribution >= 0.6 is 11.3 Å². The van der Waals surface area contributed by atoms with Crippen LogP contribution in [0, 0.1) is 0 Å². The van der Waals surface area contributed by atoms with E-state index in [0.29, 0.717) is 6.42 Å². The number of nitrogens with two attached hydrogens (primary N) is 1. The monoisotopic (exact) mass is 209 g/mol. The molecule has 1 unspecified atom stereocenters. The summed E-state index contributed by atoms with van der Waals surface area (Å²) in [6.07, 6.45) is 3.49. The number of thiazole rings is 1. The summed E-state index contributed by atoms with van der Waals surface area (Å²) in [5, 5.41) is 10.3. The Morgan fingerprint density at radius 3 is 3.14 bits per heavy atom. The molecule has 0 saturated heterocycles. The molecule has 0 spiro atoms. The lowest BCUT2D eigenvalue weighted by Crippen LogP contribution is -2.21. The molecule has 0 aliphatic heterocycles. The third-order valence-corrected chi connectivity index (χ3v) is 2.98. The summed E-state index contributed by atoms with van der Waals surface area (Å²) in [6.45, 7) is 0.272. The molecule has 14 heavy (non-hydrogen) atoms. The van der Waals surface area contributed by atoms with E-state index in [0.717, 1.165) is 15.2 Å². The van der Waals surface area contributed by atoms with Gasteiger partial charge in [0, 0.05) is 19.2 Å². The summed E-state index contributed by atoms with van der Waals surface area (Å²) in [5.41, 5.74) is 6.21. The molecule has 2 aromatic rings. The van der Waals surface area contributed by atoms with Crippen LogP contribution in [0.4, 0.5) is 0 Å². The van der Waals surface area contributed by atoms with Crippen LogP contribution in [0.15, 0.2) is 18.5 Å². The Labute approximate surface area is 85.4 Å². The molecule has 4 nitrogen and oxygen atoms in total. The van der Waals surface area contributed by atoms with Gasteiger partial charge in [-0.05, 0) is 6.07 Å². The van der Waals surface area contributed by atoms with Crippen molar-refractivity contribution < 1.29 is 5.11 Å². The second kappa shape index (κ2) is 4.00. The van der Waals surface area contributed by atoms with E-state index in [9.17, 15) is 5.11 Å². The maximum absolute atomic E-state index is 9.36. The summed E-state index contributed by atoms with van der Waals surface area (Å²) >= 11 is 1.57. The quantitative estimate of drug-likeness (QED) is 0.774. The fourth-order valence-electron chi connectivity index (χ4n) is 1.20. The molecule has 0 bridgehead atoms. The Balaban J connectivity index is 2.27. The van der Waals surface area contributed by atoms with Crippen molar-refractivity contribution in [3.63, 3.8) is 0 Å². The average Bonchev–Trinajstić information content (AvgIpc) is 2.59. The maximum atomic E-state index is 9.36. The Morgan fingerprint density at radius 2 is 2.43 bits per heavy atom. The van der Waals surface area contributed by atoms with E-state index < -0.39 is 6.10 Å². The minimum Gasteiger partial charge on any atom is -0.391 e. The highest BCUT2D eigenvalue weighted by Crippen LogP contribution is 2.21. The van der Waals surface area contributed by atoms with Crippen LogP contribution in [0.5, 0.6) is 0 Å². The van der Waals surface area contributed by atoms with Gasteiger partial charge in [0.15, 0.2) is 0 Å². The fourth-order valence-corrected chi connectivity index (χ4v) is 2.21. The summed E-state index contributed by atoms with van der Waals surface area (Å²) < 4.78 is 1.10. The molecule has 2 aromatic heterocycles. The molecule has 0 fully saturated rings. The number of hydrogen-bond acceptors (Lipinski definition) is 5. The molecule has 0 aromatic carbocycles. The Bertz CT molecular complexity index is 396. The first-order valence-electron chi connectivity index (χ1n) is 4.37. The lowest BCUT2D eigenvalue weighted by atomic mass is 10.3. The van der Waals surface area contributed by atoms with Crippen LogP contribution in [0.2, 0.25) is 0 Å². The molecule has 74 valence electrons. The highest BCUT2D eigenvalue weighted by Gasteiger charge is 2.08. The van der Waals surface area contributed by atoms with Gasteiger partial charge in [-0.3, -0.25) is 4.98 Å². The zero-order valence-corrected chi connectivity index (χ0v) is 8.37. The van der Waals surface area contributed by atoms with Crippen molar-refractivity contribution in [2.24, 2.45) is 5.73 Å². The minimum atomic E-state index is -0.497. The molecular formula is C9H11N3OS. The van der Waals surface area contributed by atoms with Crippen molar-refractivity contribution in [2.75, 3.05) is 6.54 Å².